The first-order valence-corrected chi connectivity index (χ1v) is 8.05. The average molecular weight is 331 g/mol. The number of amides is 1. The van der Waals surface area contributed by atoms with Crippen LogP contribution in [0, 0.1) is 0 Å². The minimum Gasteiger partial charge on any atom is -0.466 e. The Morgan fingerprint density at radius 2 is 1.88 bits per heavy atom. The molecule has 0 aliphatic heterocycles. The second kappa shape index (κ2) is 13.1. The van der Waals surface area contributed by atoms with Gasteiger partial charge in [0.05, 0.1) is 13.7 Å². The van der Waals surface area contributed by atoms with E-state index < -0.39 is 5.97 Å². The molecule has 1 rings (SSSR count). The Morgan fingerprint density at radius 3 is 2.62 bits per heavy atom. The zero-order valence-electron chi connectivity index (χ0n) is 14.1. The Hall–Kier alpha value is -2.40. The molecule has 5 heteroatoms. The summed E-state index contributed by atoms with van der Waals surface area (Å²) in [5.74, 6) is -0.827. The summed E-state index contributed by atoms with van der Waals surface area (Å²) in [7, 11) is 1.27. The van der Waals surface area contributed by atoms with E-state index in [-0.39, 0.29) is 5.91 Å². The third-order valence-corrected chi connectivity index (χ3v) is 3.16. The molecule has 24 heavy (non-hydrogen) atoms. The van der Waals surface area contributed by atoms with E-state index in [1.165, 1.54) is 13.2 Å². The summed E-state index contributed by atoms with van der Waals surface area (Å²) in [6.45, 7) is 1.89. The first-order chi connectivity index (χ1) is 11.7. The van der Waals surface area contributed by atoms with Crippen molar-refractivity contribution in [3.05, 3.63) is 54.1 Å². The quantitative estimate of drug-likeness (QED) is 0.385. The fraction of sp³-hybridized carbons (Fsp3) is 0.368. The number of carbonyl (C=O) groups excluding carboxylic acids is 2. The van der Waals surface area contributed by atoms with E-state index in [0.717, 1.165) is 30.9 Å². The van der Waals surface area contributed by atoms with Crippen LogP contribution in [0.15, 0.2) is 48.6 Å². The lowest BCUT2D eigenvalue weighted by molar-refractivity contribution is -0.135. The van der Waals surface area contributed by atoms with E-state index in [1.54, 1.807) is 0 Å². The second-order valence-corrected chi connectivity index (χ2v) is 5.10. The van der Waals surface area contributed by atoms with Gasteiger partial charge in [0.15, 0.2) is 0 Å². The number of rotatable bonds is 11. The van der Waals surface area contributed by atoms with Gasteiger partial charge in [-0.2, -0.15) is 0 Å². The number of nitrogens with one attached hydrogen (secondary N) is 1. The summed E-state index contributed by atoms with van der Waals surface area (Å²) < 4.78 is 9.92. The van der Waals surface area contributed by atoms with Crippen LogP contribution >= 0.6 is 0 Å². The van der Waals surface area contributed by atoms with Crippen LogP contribution in [0.4, 0.5) is 0 Å². The number of methoxy groups -OCH3 is 1. The van der Waals surface area contributed by atoms with Gasteiger partial charge in [-0.3, -0.25) is 4.79 Å². The van der Waals surface area contributed by atoms with Gasteiger partial charge in [0.1, 0.15) is 0 Å². The van der Waals surface area contributed by atoms with Crippen molar-refractivity contribution >= 4 is 18.0 Å². The standard InChI is InChI=1S/C19H25NO4/c1-23-19(22)13-12-18(21)20-14-6-3-7-15-24-16-8-11-17-9-4-2-5-10-17/h2,4-5,8-13H,3,6-7,14-16H2,1H3,(H,20,21)/b11-8+,13-12+. The predicted octanol–water partition coefficient (Wildman–Crippen LogP) is 2.73. The maximum absolute atomic E-state index is 11.3. The van der Waals surface area contributed by atoms with Gasteiger partial charge in [-0.25, -0.2) is 4.79 Å². The number of benzene rings is 1. The number of hydrogen-bond donors (Lipinski definition) is 1. The van der Waals surface area contributed by atoms with Gasteiger partial charge in [0.2, 0.25) is 5.91 Å². The molecule has 0 fully saturated rings. The van der Waals surface area contributed by atoms with E-state index in [4.69, 9.17) is 4.74 Å². The maximum Gasteiger partial charge on any atom is 0.330 e. The van der Waals surface area contributed by atoms with Crippen molar-refractivity contribution in [2.75, 3.05) is 26.9 Å². The maximum atomic E-state index is 11.3. The monoisotopic (exact) mass is 331 g/mol. The van der Waals surface area contributed by atoms with E-state index in [9.17, 15) is 9.59 Å². The molecule has 0 aliphatic rings. The smallest absolute Gasteiger partial charge is 0.330 e. The fourth-order valence-electron chi connectivity index (χ4n) is 1.89. The van der Waals surface area contributed by atoms with Gasteiger partial charge < -0.3 is 14.8 Å². The van der Waals surface area contributed by atoms with Crippen LogP contribution in [0.1, 0.15) is 24.8 Å². The van der Waals surface area contributed by atoms with E-state index in [0.29, 0.717) is 19.8 Å². The molecule has 0 aromatic heterocycles. The van der Waals surface area contributed by atoms with Gasteiger partial charge in [0.25, 0.3) is 0 Å². The summed E-state index contributed by atoms with van der Waals surface area (Å²) in [5.41, 5.74) is 1.16. The summed E-state index contributed by atoms with van der Waals surface area (Å²) in [4.78, 5) is 22.2. The summed E-state index contributed by atoms with van der Waals surface area (Å²) in [6, 6.07) is 10.1. The number of unbranched alkanes of at least 4 members (excludes halogenated alkanes) is 2. The normalized spacial score (nSPS) is 11.0. The Labute approximate surface area is 143 Å². The molecule has 0 bridgehead atoms. The molecular weight excluding hydrogens is 306 g/mol. The van der Waals surface area contributed by atoms with Crippen LogP contribution in [0.2, 0.25) is 0 Å². The van der Waals surface area contributed by atoms with Crippen LogP contribution in [0.25, 0.3) is 6.08 Å². The second-order valence-electron chi connectivity index (χ2n) is 5.10. The van der Waals surface area contributed by atoms with Gasteiger partial charge in [-0.15, -0.1) is 0 Å². The highest BCUT2D eigenvalue weighted by Gasteiger charge is 1.97. The number of hydrogen-bond acceptors (Lipinski definition) is 4. The highest BCUT2D eigenvalue weighted by molar-refractivity contribution is 5.94. The van der Waals surface area contributed by atoms with E-state index in [1.807, 2.05) is 42.5 Å². The van der Waals surface area contributed by atoms with Gasteiger partial charge >= 0.3 is 5.97 Å². The predicted molar refractivity (Wildman–Crippen MR) is 94.3 cm³/mol. The van der Waals surface area contributed by atoms with Gasteiger partial charge in [-0.1, -0.05) is 42.5 Å². The summed E-state index contributed by atoms with van der Waals surface area (Å²) >= 11 is 0. The van der Waals surface area contributed by atoms with Crippen molar-refractivity contribution in [2.45, 2.75) is 19.3 Å². The molecule has 1 N–H and O–H groups in total. The van der Waals surface area contributed by atoms with Crippen LogP contribution in [-0.2, 0) is 19.1 Å². The van der Waals surface area contributed by atoms with E-state index in [2.05, 4.69) is 10.1 Å². The van der Waals surface area contributed by atoms with Crippen LogP contribution in [0.5, 0.6) is 0 Å². The van der Waals surface area contributed by atoms with Gasteiger partial charge in [0, 0.05) is 25.3 Å². The van der Waals surface area contributed by atoms with Crippen molar-refractivity contribution in [1.29, 1.82) is 0 Å². The Balaban J connectivity index is 1.94. The molecule has 0 saturated heterocycles. The summed E-state index contributed by atoms with van der Waals surface area (Å²) in [6.07, 6.45) is 9.12. The molecule has 0 spiro atoms. The number of esters is 1. The Kier molecular flexibility index (Phi) is 10.7. The fourth-order valence-corrected chi connectivity index (χ4v) is 1.89. The highest BCUT2D eigenvalue weighted by atomic mass is 16.5. The van der Waals surface area contributed by atoms with Crippen molar-refractivity contribution in [3.8, 4) is 0 Å². The molecule has 5 nitrogen and oxygen atoms in total. The molecule has 1 aromatic rings. The molecule has 0 atom stereocenters. The first kappa shape index (κ1) is 19.6. The molecule has 0 saturated carbocycles. The minimum atomic E-state index is -0.538. The van der Waals surface area contributed by atoms with Crippen molar-refractivity contribution < 1.29 is 19.1 Å². The molecule has 0 unspecified atom stereocenters. The zero-order valence-corrected chi connectivity index (χ0v) is 14.1. The van der Waals surface area contributed by atoms with Crippen LogP contribution in [0.3, 0.4) is 0 Å². The molecule has 0 aliphatic carbocycles. The Morgan fingerprint density at radius 1 is 1.08 bits per heavy atom. The molecular formula is C19H25NO4. The van der Waals surface area contributed by atoms with Crippen molar-refractivity contribution in [1.82, 2.24) is 5.32 Å². The van der Waals surface area contributed by atoms with E-state index >= 15 is 0 Å². The third kappa shape index (κ3) is 10.3. The largest absolute Gasteiger partial charge is 0.466 e. The topological polar surface area (TPSA) is 64.6 Å². The first-order valence-electron chi connectivity index (χ1n) is 8.05. The van der Waals surface area contributed by atoms with Crippen LogP contribution < -0.4 is 5.32 Å². The molecule has 0 radical (unpaired) electrons. The summed E-state index contributed by atoms with van der Waals surface area (Å²) in [5, 5.41) is 2.71. The van der Waals surface area contributed by atoms with Gasteiger partial charge in [-0.05, 0) is 24.8 Å². The molecule has 0 heterocycles. The highest BCUT2D eigenvalue weighted by Crippen LogP contribution is 2.01. The molecule has 1 aromatic carbocycles. The van der Waals surface area contributed by atoms with Crippen LogP contribution in [-0.4, -0.2) is 38.7 Å². The Bertz CT molecular complexity index is 538. The lowest BCUT2D eigenvalue weighted by Gasteiger charge is -2.03. The lowest BCUT2D eigenvalue weighted by Crippen LogP contribution is -2.22. The average Bonchev–Trinajstić information content (AvgIpc) is 2.62. The van der Waals surface area contributed by atoms with Crippen molar-refractivity contribution in [2.24, 2.45) is 0 Å². The number of ether oxygens (including phenoxy) is 2. The molecule has 1 amide bonds. The molecule has 130 valence electrons. The number of carbonyl (C=O) groups is 2. The SMILES string of the molecule is COC(=O)/C=C/C(=O)NCCCCCOC/C=C/c1ccccc1. The minimum absolute atomic E-state index is 0.289. The third-order valence-electron chi connectivity index (χ3n) is 3.16. The zero-order chi connectivity index (χ0) is 17.5. The lowest BCUT2D eigenvalue weighted by atomic mass is 10.2. The van der Waals surface area contributed by atoms with Crippen molar-refractivity contribution in [3.63, 3.8) is 0 Å².